The highest BCUT2D eigenvalue weighted by molar-refractivity contribution is 5.89. The van der Waals surface area contributed by atoms with Crippen LogP contribution in [0.2, 0.25) is 0 Å². The number of anilines is 1. The zero-order chi connectivity index (χ0) is 23.3. The standard InChI is InChI=1S/C22H31N7O3/c1-5-7-8-14(11-23)13-31-16-12-25-15(9-10-22(3,4)30)17-19(16)29(6-2)21(26-17)18-20(24)28-32-27-18/h12,14,30H,5-8,11,13,23H2,1-4H3,(H2,24,28). The fourth-order valence-corrected chi connectivity index (χ4v) is 3.33. The minimum absolute atomic E-state index is 0.136. The topological polar surface area (TPSA) is 151 Å². The Balaban J connectivity index is 2.13. The quantitative estimate of drug-likeness (QED) is 0.425. The highest BCUT2D eigenvalue weighted by atomic mass is 16.6. The number of imidazole rings is 1. The molecule has 0 saturated heterocycles. The summed E-state index contributed by atoms with van der Waals surface area (Å²) in [6.07, 6.45) is 4.83. The van der Waals surface area contributed by atoms with E-state index in [0.29, 0.717) is 53.7 Å². The van der Waals surface area contributed by atoms with Gasteiger partial charge in [-0.15, -0.1) is 0 Å². The van der Waals surface area contributed by atoms with Crippen molar-refractivity contribution >= 4 is 16.9 Å². The molecule has 0 aliphatic heterocycles. The molecule has 3 rings (SSSR count). The summed E-state index contributed by atoms with van der Waals surface area (Å²) in [5, 5.41) is 17.6. The first kappa shape index (κ1) is 23.5. The Hall–Kier alpha value is -3.16. The Labute approximate surface area is 187 Å². The number of hydrogen-bond acceptors (Lipinski definition) is 9. The van der Waals surface area contributed by atoms with Crippen LogP contribution in [-0.2, 0) is 6.54 Å². The number of fused-ring (bicyclic) bond motifs is 1. The van der Waals surface area contributed by atoms with Crippen molar-refractivity contribution in [1.82, 2.24) is 24.8 Å². The molecule has 0 amide bonds. The molecule has 3 aromatic rings. The summed E-state index contributed by atoms with van der Waals surface area (Å²) in [5.74, 6) is 7.15. The summed E-state index contributed by atoms with van der Waals surface area (Å²) >= 11 is 0. The second-order valence-electron chi connectivity index (χ2n) is 8.21. The van der Waals surface area contributed by atoms with Crippen molar-refractivity contribution in [3.05, 3.63) is 11.9 Å². The molecule has 1 atom stereocenters. The molecule has 0 fully saturated rings. The first-order valence-electron chi connectivity index (χ1n) is 10.8. The third-order valence-electron chi connectivity index (χ3n) is 5.04. The van der Waals surface area contributed by atoms with Gasteiger partial charge in [0.05, 0.1) is 12.8 Å². The van der Waals surface area contributed by atoms with E-state index in [1.54, 1.807) is 20.0 Å². The monoisotopic (exact) mass is 441 g/mol. The van der Waals surface area contributed by atoms with Gasteiger partial charge in [0.1, 0.15) is 22.3 Å². The lowest BCUT2D eigenvalue weighted by molar-refractivity contribution is 0.143. The number of aromatic nitrogens is 5. The maximum Gasteiger partial charge on any atom is 0.199 e. The minimum Gasteiger partial charge on any atom is -0.489 e. The molecule has 10 heteroatoms. The van der Waals surface area contributed by atoms with Crippen LogP contribution < -0.4 is 16.2 Å². The van der Waals surface area contributed by atoms with E-state index in [-0.39, 0.29) is 11.7 Å². The molecule has 0 bridgehead atoms. The van der Waals surface area contributed by atoms with Gasteiger partial charge in [-0.25, -0.2) is 14.6 Å². The molecule has 0 aliphatic carbocycles. The van der Waals surface area contributed by atoms with E-state index in [9.17, 15) is 5.11 Å². The summed E-state index contributed by atoms with van der Waals surface area (Å²) in [5.41, 5.74) is 12.7. The summed E-state index contributed by atoms with van der Waals surface area (Å²) < 4.78 is 12.9. The molecule has 10 nitrogen and oxygen atoms in total. The van der Waals surface area contributed by atoms with Gasteiger partial charge in [0.15, 0.2) is 23.1 Å². The van der Waals surface area contributed by atoms with Gasteiger partial charge in [0, 0.05) is 12.5 Å². The smallest absolute Gasteiger partial charge is 0.199 e. The van der Waals surface area contributed by atoms with Crippen LogP contribution in [0.4, 0.5) is 5.82 Å². The zero-order valence-corrected chi connectivity index (χ0v) is 19.1. The Morgan fingerprint density at radius 1 is 1.31 bits per heavy atom. The van der Waals surface area contributed by atoms with E-state index < -0.39 is 5.60 Å². The van der Waals surface area contributed by atoms with Crippen molar-refractivity contribution in [3.63, 3.8) is 0 Å². The molecule has 0 radical (unpaired) electrons. The fourth-order valence-electron chi connectivity index (χ4n) is 3.33. The zero-order valence-electron chi connectivity index (χ0n) is 19.1. The number of nitrogens with two attached hydrogens (primary N) is 2. The number of unbranched alkanes of at least 4 members (excludes halogenated alkanes) is 1. The first-order valence-corrected chi connectivity index (χ1v) is 10.8. The van der Waals surface area contributed by atoms with Gasteiger partial charge in [0.25, 0.3) is 0 Å². The number of nitrogen functional groups attached to an aromatic ring is 1. The molecule has 0 aliphatic rings. The lowest BCUT2D eigenvalue weighted by Gasteiger charge is -2.16. The van der Waals surface area contributed by atoms with E-state index in [1.807, 2.05) is 11.5 Å². The van der Waals surface area contributed by atoms with Crippen molar-refractivity contribution in [3.8, 4) is 29.1 Å². The number of ether oxygens (including phenoxy) is 1. The van der Waals surface area contributed by atoms with E-state index >= 15 is 0 Å². The van der Waals surface area contributed by atoms with Crippen molar-refractivity contribution in [2.24, 2.45) is 11.7 Å². The number of hydrogen-bond donors (Lipinski definition) is 3. The largest absolute Gasteiger partial charge is 0.489 e. The van der Waals surface area contributed by atoms with Crippen LogP contribution in [0.5, 0.6) is 5.75 Å². The second-order valence-corrected chi connectivity index (χ2v) is 8.21. The first-order chi connectivity index (χ1) is 15.3. The normalized spacial score (nSPS) is 12.6. The maximum absolute atomic E-state index is 10.0. The highest BCUT2D eigenvalue weighted by Crippen LogP contribution is 2.33. The summed E-state index contributed by atoms with van der Waals surface area (Å²) in [4.78, 5) is 9.17. The van der Waals surface area contributed by atoms with Crippen LogP contribution in [0.25, 0.3) is 22.6 Å². The average molecular weight is 442 g/mol. The third-order valence-corrected chi connectivity index (χ3v) is 5.04. The SMILES string of the molecule is CCCCC(CN)COc1cnc(C#CC(C)(C)O)c2nc(-c3nonc3N)n(CC)c12. The van der Waals surface area contributed by atoms with E-state index in [0.717, 1.165) is 19.3 Å². The predicted octanol–water partition coefficient (Wildman–Crippen LogP) is 2.35. The molecule has 0 saturated carbocycles. The average Bonchev–Trinajstić information content (AvgIpc) is 3.35. The number of nitrogens with zero attached hydrogens (tertiary/aromatic N) is 5. The van der Waals surface area contributed by atoms with Gasteiger partial charge in [0.2, 0.25) is 0 Å². The molecule has 172 valence electrons. The molecular weight excluding hydrogens is 410 g/mol. The Morgan fingerprint density at radius 2 is 2.09 bits per heavy atom. The predicted molar refractivity (Wildman–Crippen MR) is 122 cm³/mol. The Morgan fingerprint density at radius 3 is 2.69 bits per heavy atom. The number of aliphatic hydroxyl groups is 1. The fraction of sp³-hybridized carbons (Fsp3) is 0.545. The number of aryl methyl sites for hydroxylation is 1. The van der Waals surface area contributed by atoms with E-state index in [1.165, 1.54) is 0 Å². The van der Waals surface area contributed by atoms with E-state index in [2.05, 4.69) is 34.1 Å². The molecule has 5 N–H and O–H groups in total. The van der Waals surface area contributed by atoms with Gasteiger partial charge >= 0.3 is 0 Å². The van der Waals surface area contributed by atoms with Crippen LogP contribution in [0.1, 0.15) is 52.7 Å². The highest BCUT2D eigenvalue weighted by Gasteiger charge is 2.23. The Bertz CT molecular complexity index is 1120. The number of pyridine rings is 1. The van der Waals surface area contributed by atoms with Crippen LogP contribution >= 0.6 is 0 Å². The van der Waals surface area contributed by atoms with Crippen LogP contribution in [-0.4, -0.2) is 48.7 Å². The molecule has 3 aromatic heterocycles. The molecule has 3 heterocycles. The lowest BCUT2D eigenvalue weighted by Crippen LogP contribution is -2.21. The lowest BCUT2D eigenvalue weighted by atomic mass is 10.0. The summed E-state index contributed by atoms with van der Waals surface area (Å²) in [7, 11) is 0. The Kier molecular flexibility index (Phi) is 7.33. The van der Waals surface area contributed by atoms with Crippen molar-refractivity contribution < 1.29 is 14.5 Å². The molecule has 0 aromatic carbocycles. The molecule has 0 spiro atoms. The second kappa shape index (κ2) is 9.97. The third kappa shape index (κ3) is 5.18. The minimum atomic E-state index is -1.17. The van der Waals surface area contributed by atoms with Crippen molar-refractivity contribution in [2.75, 3.05) is 18.9 Å². The van der Waals surface area contributed by atoms with Gasteiger partial charge in [-0.3, -0.25) is 0 Å². The van der Waals surface area contributed by atoms with Crippen LogP contribution in [0.3, 0.4) is 0 Å². The summed E-state index contributed by atoms with van der Waals surface area (Å²) in [6, 6.07) is 0. The molecular formula is C22H31N7O3. The maximum atomic E-state index is 10.0. The molecule has 1 unspecified atom stereocenters. The molecule has 32 heavy (non-hydrogen) atoms. The van der Waals surface area contributed by atoms with Crippen LogP contribution in [0, 0.1) is 17.8 Å². The number of rotatable bonds is 9. The van der Waals surface area contributed by atoms with Gasteiger partial charge < -0.3 is 25.9 Å². The van der Waals surface area contributed by atoms with Gasteiger partial charge in [-0.1, -0.05) is 25.7 Å². The van der Waals surface area contributed by atoms with Crippen molar-refractivity contribution in [2.45, 2.75) is 59.1 Å². The van der Waals surface area contributed by atoms with E-state index in [4.69, 9.17) is 25.8 Å². The summed E-state index contributed by atoms with van der Waals surface area (Å²) in [6.45, 7) is 8.93. The van der Waals surface area contributed by atoms with Crippen molar-refractivity contribution in [1.29, 1.82) is 0 Å². The van der Waals surface area contributed by atoms with Crippen LogP contribution in [0.15, 0.2) is 10.8 Å². The van der Waals surface area contributed by atoms with Gasteiger partial charge in [-0.2, -0.15) is 0 Å². The van der Waals surface area contributed by atoms with Gasteiger partial charge in [-0.05, 0) is 50.0 Å².